The summed E-state index contributed by atoms with van der Waals surface area (Å²) < 4.78 is 16.3. The molecule has 1 amide bonds. The van der Waals surface area contributed by atoms with E-state index in [-0.39, 0.29) is 5.91 Å². The minimum absolute atomic E-state index is 0.108. The third-order valence-electron chi connectivity index (χ3n) is 5.07. The van der Waals surface area contributed by atoms with Gasteiger partial charge in [0.1, 0.15) is 18.1 Å². The van der Waals surface area contributed by atoms with Gasteiger partial charge in [0.2, 0.25) is 0 Å². The van der Waals surface area contributed by atoms with Gasteiger partial charge in [0.25, 0.3) is 5.91 Å². The first-order valence-electron chi connectivity index (χ1n) is 9.88. The SMILES string of the molecule is COc1ccc(OCCN2CCN(C(=O)c3cc(-c4cccnc4)on3)CC2)cc1. The van der Waals surface area contributed by atoms with Crippen LogP contribution in [-0.4, -0.2) is 72.3 Å². The Balaban J connectivity index is 1.23. The first-order valence-corrected chi connectivity index (χ1v) is 9.88. The number of hydrogen-bond donors (Lipinski definition) is 0. The van der Waals surface area contributed by atoms with E-state index >= 15 is 0 Å². The fourth-order valence-corrected chi connectivity index (χ4v) is 3.32. The van der Waals surface area contributed by atoms with Crippen molar-refractivity contribution in [2.45, 2.75) is 0 Å². The zero-order chi connectivity index (χ0) is 20.8. The van der Waals surface area contributed by atoms with Gasteiger partial charge in [-0.05, 0) is 36.4 Å². The summed E-state index contributed by atoms with van der Waals surface area (Å²) in [4.78, 5) is 20.9. The molecule has 4 rings (SSSR count). The van der Waals surface area contributed by atoms with E-state index in [9.17, 15) is 4.79 Å². The van der Waals surface area contributed by atoms with E-state index in [4.69, 9.17) is 14.0 Å². The van der Waals surface area contributed by atoms with Crippen LogP contribution < -0.4 is 9.47 Å². The van der Waals surface area contributed by atoms with E-state index in [1.165, 1.54) is 0 Å². The third-order valence-corrected chi connectivity index (χ3v) is 5.07. The summed E-state index contributed by atoms with van der Waals surface area (Å²) in [5, 5.41) is 3.95. The molecule has 0 N–H and O–H groups in total. The molecule has 1 aromatic carbocycles. The van der Waals surface area contributed by atoms with E-state index < -0.39 is 0 Å². The second-order valence-electron chi connectivity index (χ2n) is 6.98. The lowest BCUT2D eigenvalue weighted by atomic mass is 10.2. The Morgan fingerprint density at radius 3 is 2.57 bits per heavy atom. The Morgan fingerprint density at radius 2 is 1.87 bits per heavy atom. The number of pyridine rings is 1. The molecular weight excluding hydrogens is 384 g/mol. The average molecular weight is 408 g/mol. The topological polar surface area (TPSA) is 80.9 Å². The summed E-state index contributed by atoms with van der Waals surface area (Å²) >= 11 is 0. The van der Waals surface area contributed by atoms with E-state index in [1.54, 1.807) is 25.6 Å². The molecule has 0 radical (unpaired) electrons. The van der Waals surface area contributed by atoms with Gasteiger partial charge < -0.3 is 18.9 Å². The standard InChI is InChI=1S/C22H24N4O4/c1-28-18-4-6-19(7-5-18)29-14-13-25-9-11-26(12-10-25)22(27)20-15-21(30-24-20)17-3-2-8-23-16-17/h2-8,15-16H,9-14H2,1H3. The minimum atomic E-state index is -0.108. The molecule has 0 aliphatic carbocycles. The van der Waals surface area contributed by atoms with Crippen molar-refractivity contribution >= 4 is 5.91 Å². The molecule has 3 aromatic rings. The molecule has 1 aliphatic rings. The highest BCUT2D eigenvalue weighted by Gasteiger charge is 2.24. The van der Waals surface area contributed by atoms with Crippen molar-refractivity contribution in [1.29, 1.82) is 0 Å². The number of ether oxygens (including phenoxy) is 2. The van der Waals surface area contributed by atoms with Crippen molar-refractivity contribution in [2.24, 2.45) is 0 Å². The lowest BCUT2D eigenvalue weighted by Crippen LogP contribution is -2.49. The van der Waals surface area contributed by atoms with Crippen LogP contribution in [0.1, 0.15) is 10.5 Å². The number of benzene rings is 1. The molecule has 156 valence electrons. The van der Waals surface area contributed by atoms with Crippen LogP contribution in [0.4, 0.5) is 0 Å². The molecular formula is C22H24N4O4. The van der Waals surface area contributed by atoms with Gasteiger partial charge in [-0.2, -0.15) is 0 Å². The van der Waals surface area contributed by atoms with E-state index in [0.29, 0.717) is 31.2 Å². The number of nitrogens with zero attached hydrogens (tertiary/aromatic N) is 4. The van der Waals surface area contributed by atoms with Crippen LogP contribution in [0.15, 0.2) is 59.4 Å². The number of aromatic nitrogens is 2. The van der Waals surface area contributed by atoms with Gasteiger partial charge in [-0.15, -0.1) is 0 Å². The first kappa shape index (κ1) is 19.9. The molecule has 30 heavy (non-hydrogen) atoms. The van der Waals surface area contributed by atoms with Crippen molar-refractivity contribution in [3.63, 3.8) is 0 Å². The molecule has 1 fully saturated rings. The van der Waals surface area contributed by atoms with Crippen LogP contribution in [0.5, 0.6) is 11.5 Å². The minimum Gasteiger partial charge on any atom is -0.497 e. The molecule has 0 saturated carbocycles. The molecule has 1 saturated heterocycles. The Kier molecular flexibility index (Phi) is 6.24. The first-order chi connectivity index (χ1) is 14.7. The van der Waals surface area contributed by atoms with Gasteiger partial charge in [0, 0.05) is 56.7 Å². The van der Waals surface area contributed by atoms with Crippen molar-refractivity contribution < 1.29 is 18.8 Å². The van der Waals surface area contributed by atoms with Gasteiger partial charge in [-0.3, -0.25) is 14.7 Å². The predicted molar refractivity (Wildman–Crippen MR) is 111 cm³/mol. The summed E-state index contributed by atoms with van der Waals surface area (Å²) in [6.07, 6.45) is 3.37. The molecule has 1 aliphatic heterocycles. The number of carbonyl (C=O) groups excluding carboxylic acids is 1. The fraction of sp³-hybridized carbons (Fsp3) is 0.318. The van der Waals surface area contributed by atoms with Crippen LogP contribution in [-0.2, 0) is 0 Å². The Bertz CT molecular complexity index is 951. The van der Waals surface area contributed by atoms with Crippen molar-refractivity contribution in [2.75, 3.05) is 46.4 Å². The summed E-state index contributed by atoms with van der Waals surface area (Å²) in [6.45, 7) is 4.30. The quantitative estimate of drug-likeness (QED) is 0.594. The molecule has 8 nitrogen and oxygen atoms in total. The average Bonchev–Trinajstić information content (AvgIpc) is 3.30. The number of piperazine rings is 1. The van der Waals surface area contributed by atoms with E-state index in [2.05, 4.69) is 15.0 Å². The molecule has 0 spiro atoms. The van der Waals surface area contributed by atoms with Crippen LogP contribution in [0.3, 0.4) is 0 Å². The highest BCUT2D eigenvalue weighted by atomic mass is 16.5. The van der Waals surface area contributed by atoms with E-state index in [1.807, 2.05) is 41.3 Å². The molecule has 0 atom stereocenters. The van der Waals surface area contributed by atoms with Gasteiger partial charge in [-0.25, -0.2) is 0 Å². The summed E-state index contributed by atoms with van der Waals surface area (Å²) in [7, 11) is 1.64. The van der Waals surface area contributed by atoms with E-state index in [0.717, 1.165) is 36.7 Å². The highest BCUT2D eigenvalue weighted by molar-refractivity contribution is 5.93. The summed E-state index contributed by atoms with van der Waals surface area (Å²) in [5.41, 5.74) is 1.12. The van der Waals surface area contributed by atoms with Crippen molar-refractivity contribution in [1.82, 2.24) is 19.9 Å². The lowest BCUT2D eigenvalue weighted by Gasteiger charge is -2.34. The van der Waals surface area contributed by atoms with Gasteiger partial charge in [0.05, 0.1) is 7.11 Å². The van der Waals surface area contributed by atoms with Gasteiger partial charge in [0.15, 0.2) is 11.5 Å². The molecule has 8 heteroatoms. The van der Waals surface area contributed by atoms with Crippen LogP contribution in [0.25, 0.3) is 11.3 Å². The summed E-state index contributed by atoms with van der Waals surface area (Å²) in [5.74, 6) is 2.06. The second kappa shape index (κ2) is 9.41. The van der Waals surface area contributed by atoms with Gasteiger partial charge in [-0.1, -0.05) is 5.16 Å². The number of carbonyl (C=O) groups is 1. The number of rotatable bonds is 7. The summed E-state index contributed by atoms with van der Waals surface area (Å²) in [6, 6.07) is 12.9. The fourth-order valence-electron chi connectivity index (χ4n) is 3.32. The number of methoxy groups -OCH3 is 1. The van der Waals surface area contributed by atoms with Gasteiger partial charge >= 0.3 is 0 Å². The zero-order valence-electron chi connectivity index (χ0n) is 16.9. The maximum atomic E-state index is 12.7. The molecule has 2 aromatic heterocycles. The predicted octanol–water partition coefficient (Wildman–Crippen LogP) is 2.58. The molecule has 0 bridgehead atoms. The normalized spacial score (nSPS) is 14.5. The molecule has 3 heterocycles. The highest BCUT2D eigenvalue weighted by Crippen LogP contribution is 2.20. The number of hydrogen-bond acceptors (Lipinski definition) is 7. The largest absolute Gasteiger partial charge is 0.497 e. The monoisotopic (exact) mass is 408 g/mol. The van der Waals surface area contributed by atoms with Crippen LogP contribution >= 0.6 is 0 Å². The van der Waals surface area contributed by atoms with Crippen LogP contribution in [0, 0.1) is 0 Å². The van der Waals surface area contributed by atoms with Crippen LogP contribution in [0.2, 0.25) is 0 Å². The van der Waals surface area contributed by atoms with Crippen molar-refractivity contribution in [3.05, 3.63) is 60.6 Å². The van der Waals surface area contributed by atoms with Crippen molar-refractivity contribution in [3.8, 4) is 22.8 Å². The maximum absolute atomic E-state index is 12.7. The smallest absolute Gasteiger partial charge is 0.276 e. The lowest BCUT2D eigenvalue weighted by molar-refractivity contribution is 0.0610. The maximum Gasteiger partial charge on any atom is 0.276 e. The number of amides is 1. The second-order valence-corrected chi connectivity index (χ2v) is 6.98. The zero-order valence-corrected chi connectivity index (χ0v) is 16.9. The molecule has 0 unspecified atom stereocenters. The Labute approximate surface area is 175 Å². The Morgan fingerprint density at radius 1 is 1.10 bits per heavy atom. The third kappa shape index (κ3) is 4.77. The Hall–Kier alpha value is -3.39.